The number of hydrogen-bond acceptors (Lipinski definition) is 3. The van der Waals surface area contributed by atoms with Crippen molar-refractivity contribution >= 4 is 5.91 Å². The van der Waals surface area contributed by atoms with Gasteiger partial charge in [-0.25, -0.2) is 0 Å². The first-order valence-corrected chi connectivity index (χ1v) is 5.34. The van der Waals surface area contributed by atoms with Crippen LogP contribution in [0.15, 0.2) is 0 Å². The number of fused-ring (bicyclic) bond motifs is 1. The van der Waals surface area contributed by atoms with E-state index in [0.717, 1.165) is 38.8 Å². The van der Waals surface area contributed by atoms with E-state index in [1.165, 1.54) is 6.42 Å². The average molecular weight is 198 g/mol. The van der Waals surface area contributed by atoms with Crippen molar-refractivity contribution in [3.8, 4) is 0 Å². The summed E-state index contributed by atoms with van der Waals surface area (Å²) in [6.07, 6.45) is 1.70. The molecule has 2 N–H and O–H groups in total. The molecule has 0 spiro atoms. The van der Waals surface area contributed by atoms with E-state index in [1.807, 2.05) is 0 Å². The topological polar surface area (TPSA) is 55.6 Å². The third-order valence-electron chi connectivity index (χ3n) is 3.31. The normalized spacial score (nSPS) is 32.9. The monoisotopic (exact) mass is 198 g/mol. The van der Waals surface area contributed by atoms with Gasteiger partial charge in [0.2, 0.25) is 5.91 Å². The van der Waals surface area contributed by atoms with E-state index in [9.17, 15) is 4.79 Å². The number of amides is 1. The number of piperidine rings is 1. The first kappa shape index (κ1) is 9.93. The lowest BCUT2D eigenvalue weighted by Gasteiger charge is -2.33. The van der Waals surface area contributed by atoms with Crippen LogP contribution in [-0.4, -0.2) is 43.7 Å². The van der Waals surface area contributed by atoms with Gasteiger partial charge in [0, 0.05) is 32.0 Å². The van der Waals surface area contributed by atoms with E-state index in [-0.39, 0.29) is 5.91 Å². The zero-order valence-electron chi connectivity index (χ0n) is 8.45. The Kier molecular flexibility index (Phi) is 3.03. The summed E-state index contributed by atoms with van der Waals surface area (Å²) in [6.45, 7) is 4.83. The molecule has 2 unspecified atom stereocenters. The molecular weight excluding hydrogens is 180 g/mol. The molecule has 2 fully saturated rings. The standard InChI is InChI=1S/C10H18N2O2/c11-10(13)2-4-12-3-1-8-6-14-7-9(8)5-12/h8-9H,1-7H2,(H2,11,13). The summed E-state index contributed by atoms with van der Waals surface area (Å²) >= 11 is 0. The molecule has 1 amide bonds. The summed E-state index contributed by atoms with van der Waals surface area (Å²) in [5.41, 5.74) is 5.13. The molecule has 0 aromatic heterocycles. The molecule has 4 nitrogen and oxygen atoms in total. The molecule has 0 bridgehead atoms. The lowest BCUT2D eigenvalue weighted by Crippen LogP contribution is -2.41. The molecule has 0 saturated carbocycles. The molecule has 2 aliphatic heterocycles. The molecule has 4 heteroatoms. The number of carbonyl (C=O) groups is 1. The second-order valence-electron chi connectivity index (χ2n) is 4.36. The summed E-state index contributed by atoms with van der Waals surface area (Å²) in [5, 5.41) is 0. The van der Waals surface area contributed by atoms with Crippen LogP contribution < -0.4 is 5.73 Å². The number of ether oxygens (including phenoxy) is 1. The van der Waals surface area contributed by atoms with Crippen LogP contribution in [0.5, 0.6) is 0 Å². The fourth-order valence-corrected chi connectivity index (χ4v) is 2.41. The first-order chi connectivity index (χ1) is 6.75. The zero-order chi connectivity index (χ0) is 9.97. The molecule has 2 saturated heterocycles. The first-order valence-electron chi connectivity index (χ1n) is 5.34. The Labute approximate surface area is 84.4 Å². The fourth-order valence-electron chi connectivity index (χ4n) is 2.41. The van der Waals surface area contributed by atoms with Gasteiger partial charge in [0.15, 0.2) is 0 Å². The van der Waals surface area contributed by atoms with Gasteiger partial charge in [0.1, 0.15) is 0 Å². The number of nitrogens with zero attached hydrogens (tertiary/aromatic N) is 1. The summed E-state index contributed by atoms with van der Waals surface area (Å²) in [5.74, 6) is 1.26. The Balaban J connectivity index is 1.77. The van der Waals surface area contributed by atoms with Crippen molar-refractivity contribution in [2.24, 2.45) is 17.6 Å². The van der Waals surface area contributed by atoms with Crippen molar-refractivity contribution in [2.45, 2.75) is 12.8 Å². The SMILES string of the molecule is NC(=O)CCN1CCC2COCC2C1. The van der Waals surface area contributed by atoms with E-state index in [0.29, 0.717) is 12.3 Å². The number of rotatable bonds is 3. The van der Waals surface area contributed by atoms with E-state index >= 15 is 0 Å². The van der Waals surface area contributed by atoms with Crippen LogP contribution in [0.25, 0.3) is 0 Å². The van der Waals surface area contributed by atoms with Crippen LogP contribution in [-0.2, 0) is 9.53 Å². The van der Waals surface area contributed by atoms with Crippen molar-refractivity contribution in [3.05, 3.63) is 0 Å². The predicted molar refractivity (Wildman–Crippen MR) is 52.7 cm³/mol. The lowest BCUT2D eigenvalue weighted by atomic mass is 9.89. The van der Waals surface area contributed by atoms with Crippen molar-refractivity contribution in [1.29, 1.82) is 0 Å². The third-order valence-corrected chi connectivity index (χ3v) is 3.31. The molecular formula is C10H18N2O2. The van der Waals surface area contributed by atoms with Gasteiger partial charge in [-0.15, -0.1) is 0 Å². The minimum atomic E-state index is -0.199. The molecule has 0 radical (unpaired) electrons. The van der Waals surface area contributed by atoms with Crippen LogP contribution in [0.4, 0.5) is 0 Å². The molecule has 2 rings (SSSR count). The second kappa shape index (κ2) is 4.28. The quantitative estimate of drug-likeness (QED) is 0.685. The van der Waals surface area contributed by atoms with Gasteiger partial charge in [-0.2, -0.15) is 0 Å². The Morgan fingerprint density at radius 3 is 3.00 bits per heavy atom. The molecule has 80 valence electrons. The summed E-state index contributed by atoms with van der Waals surface area (Å²) in [7, 11) is 0. The molecule has 0 aromatic rings. The summed E-state index contributed by atoms with van der Waals surface area (Å²) in [6, 6.07) is 0. The minimum Gasteiger partial charge on any atom is -0.381 e. The average Bonchev–Trinajstić information content (AvgIpc) is 2.61. The Morgan fingerprint density at radius 1 is 1.43 bits per heavy atom. The highest BCUT2D eigenvalue weighted by atomic mass is 16.5. The van der Waals surface area contributed by atoms with Crippen LogP contribution in [0.3, 0.4) is 0 Å². The number of likely N-dealkylation sites (tertiary alicyclic amines) is 1. The smallest absolute Gasteiger partial charge is 0.218 e. The van der Waals surface area contributed by atoms with Crippen LogP contribution >= 0.6 is 0 Å². The highest BCUT2D eigenvalue weighted by Crippen LogP contribution is 2.28. The van der Waals surface area contributed by atoms with Crippen molar-refractivity contribution < 1.29 is 9.53 Å². The van der Waals surface area contributed by atoms with Crippen molar-refractivity contribution in [3.63, 3.8) is 0 Å². The van der Waals surface area contributed by atoms with Crippen LogP contribution in [0.2, 0.25) is 0 Å². The van der Waals surface area contributed by atoms with Gasteiger partial charge in [-0.05, 0) is 18.9 Å². The Hall–Kier alpha value is -0.610. The number of carbonyl (C=O) groups excluding carboxylic acids is 1. The van der Waals surface area contributed by atoms with Crippen molar-refractivity contribution in [2.75, 3.05) is 32.8 Å². The van der Waals surface area contributed by atoms with Crippen LogP contribution in [0, 0.1) is 11.8 Å². The molecule has 0 aliphatic carbocycles. The van der Waals surface area contributed by atoms with Gasteiger partial charge in [0.05, 0.1) is 6.61 Å². The van der Waals surface area contributed by atoms with E-state index in [2.05, 4.69) is 4.90 Å². The molecule has 0 aromatic carbocycles. The number of hydrogen-bond donors (Lipinski definition) is 1. The summed E-state index contributed by atoms with van der Waals surface area (Å²) in [4.78, 5) is 13.0. The van der Waals surface area contributed by atoms with Gasteiger partial charge >= 0.3 is 0 Å². The van der Waals surface area contributed by atoms with Gasteiger partial charge < -0.3 is 15.4 Å². The maximum absolute atomic E-state index is 10.6. The van der Waals surface area contributed by atoms with Crippen LogP contribution in [0.1, 0.15) is 12.8 Å². The zero-order valence-corrected chi connectivity index (χ0v) is 8.45. The maximum atomic E-state index is 10.6. The highest BCUT2D eigenvalue weighted by molar-refractivity contribution is 5.73. The van der Waals surface area contributed by atoms with Gasteiger partial charge in [-0.1, -0.05) is 0 Å². The van der Waals surface area contributed by atoms with E-state index in [1.54, 1.807) is 0 Å². The van der Waals surface area contributed by atoms with E-state index in [4.69, 9.17) is 10.5 Å². The third kappa shape index (κ3) is 2.25. The van der Waals surface area contributed by atoms with E-state index < -0.39 is 0 Å². The number of nitrogens with two attached hydrogens (primary N) is 1. The maximum Gasteiger partial charge on any atom is 0.218 e. The second-order valence-corrected chi connectivity index (χ2v) is 4.36. The Morgan fingerprint density at radius 2 is 2.21 bits per heavy atom. The molecule has 14 heavy (non-hydrogen) atoms. The number of primary amides is 1. The molecule has 2 aliphatic rings. The van der Waals surface area contributed by atoms with Gasteiger partial charge in [0.25, 0.3) is 0 Å². The largest absolute Gasteiger partial charge is 0.381 e. The summed E-state index contributed by atoms with van der Waals surface area (Å²) < 4.78 is 5.45. The molecule has 2 heterocycles. The van der Waals surface area contributed by atoms with Gasteiger partial charge in [-0.3, -0.25) is 4.79 Å². The highest BCUT2D eigenvalue weighted by Gasteiger charge is 2.33. The lowest BCUT2D eigenvalue weighted by molar-refractivity contribution is -0.118. The molecule has 2 atom stereocenters. The van der Waals surface area contributed by atoms with Crippen molar-refractivity contribution in [1.82, 2.24) is 4.90 Å². The fraction of sp³-hybridized carbons (Fsp3) is 0.900. The minimum absolute atomic E-state index is 0.199. The Bertz CT molecular complexity index is 220. The predicted octanol–water partition coefficient (Wildman–Crippen LogP) is -0.170.